The summed E-state index contributed by atoms with van der Waals surface area (Å²) in [5, 5.41) is 7.21. The Hall–Kier alpha value is -7.22. The predicted octanol–water partition coefficient (Wildman–Crippen LogP) is 15.4. The quantitative estimate of drug-likeness (QED) is 0.135. The van der Waals surface area contributed by atoms with Gasteiger partial charge in [0, 0.05) is 16.8 Å². The van der Waals surface area contributed by atoms with E-state index in [4.69, 9.17) is 0 Å². The first-order valence-electron chi connectivity index (χ1n) is 18.7. The molecule has 9 aromatic rings. The average molecular weight is 702 g/mol. The molecule has 0 amide bonds. The van der Waals surface area contributed by atoms with Crippen LogP contribution in [0, 0.1) is 0 Å². The Morgan fingerprint density at radius 3 is 1.55 bits per heavy atom. The number of hydrogen-bond acceptors (Lipinski definition) is 1. The molecular formula is C54H39N. The third-order valence-corrected chi connectivity index (χ3v) is 10.6. The Balaban J connectivity index is 1.35. The molecule has 0 heterocycles. The molecular weight excluding hydrogens is 663 g/mol. The Kier molecular flexibility index (Phi) is 8.96. The Bertz CT molecular complexity index is 2900. The van der Waals surface area contributed by atoms with Gasteiger partial charge in [0.25, 0.3) is 0 Å². The molecule has 260 valence electrons. The van der Waals surface area contributed by atoms with Crippen molar-refractivity contribution >= 4 is 55.0 Å². The second-order valence-corrected chi connectivity index (χ2v) is 13.8. The zero-order chi connectivity index (χ0) is 37.1. The fraction of sp³-hybridized carbons (Fsp3) is 0. The fourth-order valence-corrected chi connectivity index (χ4v) is 8.06. The molecule has 9 aromatic carbocycles. The summed E-state index contributed by atoms with van der Waals surface area (Å²) in [6.45, 7) is 8.24. The highest BCUT2D eigenvalue weighted by Gasteiger charge is 2.21. The Morgan fingerprint density at radius 1 is 0.400 bits per heavy atom. The van der Waals surface area contributed by atoms with Gasteiger partial charge >= 0.3 is 0 Å². The SMILES string of the molecule is C=C/C=C(\C=C)c1ccc(N(c2ccc(-c3ccccc3)c(-c3cccc4ccccc34)c2)c2cccc3ccccc23)cc1-c1cccc2ccccc12. The van der Waals surface area contributed by atoms with Gasteiger partial charge < -0.3 is 4.90 Å². The summed E-state index contributed by atoms with van der Waals surface area (Å²) in [7, 11) is 0. The summed E-state index contributed by atoms with van der Waals surface area (Å²) in [6.07, 6.45) is 5.80. The van der Waals surface area contributed by atoms with Crippen LogP contribution in [0.15, 0.2) is 226 Å². The van der Waals surface area contributed by atoms with Gasteiger partial charge in [0.2, 0.25) is 0 Å². The maximum Gasteiger partial charge on any atom is 0.0540 e. The van der Waals surface area contributed by atoms with Crippen molar-refractivity contribution in [2.45, 2.75) is 0 Å². The van der Waals surface area contributed by atoms with Crippen LogP contribution in [0.1, 0.15) is 5.56 Å². The highest BCUT2D eigenvalue weighted by molar-refractivity contribution is 6.05. The van der Waals surface area contributed by atoms with E-state index in [1.54, 1.807) is 0 Å². The first kappa shape index (κ1) is 33.6. The lowest BCUT2D eigenvalue weighted by atomic mass is 9.89. The topological polar surface area (TPSA) is 3.24 Å². The number of hydrogen-bond donors (Lipinski definition) is 0. The predicted molar refractivity (Wildman–Crippen MR) is 238 cm³/mol. The highest BCUT2D eigenvalue weighted by Crippen LogP contribution is 2.46. The maximum absolute atomic E-state index is 4.21. The van der Waals surface area contributed by atoms with E-state index >= 15 is 0 Å². The largest absolute Gasteiger partial charge is 0.310 e. The van der Waals surface area contributed by atoms with Crippen molar-refractivity contribution in [3.63, 3.8) is 0 Å². The Morgan fingerprint density at radius 2 is 0.909 bits per heavy atom. The van der Waals surface area contributed by atoms with Crippen LogP contribution in [0.25, 0.3) is 71.3 Å². The highest BCUT2D eigenvalue weighted by atomic mass is 15.1. The number of nitrogens with zero attached hydrogens (tertiary/aromatic N) is 1. The van der Waals surface area contributed by atoms with Gasteiger partial charge in [-0.15, -0.1) is 0 Å². The molecule has 0 saturated carbocycles. The first-order valence-corrected chi connectivity index (χ1v) is 18.7. The zero-order valence-electron chi connectivity index (χ0n) is 30.6. The van der Waals surface area contributed by atoms with Crippen molar-refractivity contribution in [2.75, 3.05) is 4.90 Å². The molecule has 0 bridgehead atoms. The summed E-state index contributed by atoms with van der Waals surface area (Å²) in [5.41, 5.74) is 12.4. The van der Waals surface area contributed by atoms with Crippen molar-refractivity contribution in [3.05, 3.63) is 231 Å². The van der Waals surface area contributed by atoms with E-state index in [2.05, 4.69) is 212 Å². The smallest absolute Gasteiger partial charge is 0.0540 e. The summed E-state index contributed by atoms with van der Waals surface area (Å²) in [4.78, 5) is 2.43. The third kappa shape index (κ3) is 6.22. The van der Waals surface area contributed by atoms with E-state index in [1.807, 2.05) is 18.2 Å². The molecule has 0 radical (unpaired) electrons. The number of rotatable bonds is 9. The summed E-state index contributed by atoms with van der Waals surface area (Å²) in [5.74, 6) is 0. The lowest BCUT2D eigenvalue weighted by Gasteiger charge is -2.29. The molecule has 9 rings (SSSR count). The van der Waals surface area contributed by atoms with Crippen molar-refractivity contribution in [2.24, 2.45) is 0 Å². The van der Waals surface area contributed by atoms with Gasteiger partial charge in [-0.1, -0.05) is 195 Å². The summed E-state index contributed by atoms with van der Waals surface area (Å²) < 4.78 is 0. The summed E-state index contributed by atoms with van der Waals surface area (Å²) >= 11 is 0. The minimum absolute atomic E-state index is 1.02. The minimum atomic E-state index is 1.02. The van der Waals surface area contributed by atoms with E-state index in [-0.39, 0.29) is 0 Å². The van der Waals surface area contributed by atoms with Gasteiger partial charge in [-0.3, -0.25) is 0 Å². The van der Waals surface area contributed by atoms with Crippen molar-refractivity contribution in [1.82, 2.24) is 0 Å². The normalized spacial score (nSPS) is 11.5. The van der Waals surface area contributed by atoms with E-state index < -0.39 is 0 Å². The molecule has 0 aliphatic rings. The van der Waals surface area contributed by atoms with Gasteiger partial charge in [-0.2, -0.15) is 0 Å². The molecule has 0 aliphatic heterocycles. The number of anilines is 3. The number of benzene rings is 9. The lowest BCUT2D eigenvalue weighted by molar-refractivity contribution is 1.30. The van der Waals surface area contributed by atoms with Gasteiger partial charge in [0.05, 0.1) is 5.69 Å². The molecule has 0 aromatic heterocycles. The first-order chi connectivity index (χ1) is 27.2. The lowest BCUT2D eigenvalue weighted by Crippen LogP contribution is -2.11. The molecule has 0 unspecified atom stereocenters. The second kappa shape index (κ2) is 14.7. The van der Waals surface area contributed by atoms with E-state index in [0.29, 0.717) is 0 Å². The minimum Gasteiger partial charge on any atom is -0.310 e. The molecule has 0 atom stereocenters. The van der Waals surface area contributed by atoms with Crippen LogP contribution in [0.5, 0.6) is 0 Å². The molecule has 0 aliphatic carbocycles. The van der Waals surface area contributed by atoms with Crippen LogP contribution in [0.2, 0.25) is 0 Å². The molecule has 1 nitrogen and oxygen atoms in total. The van der Waals surface area contributed by atoms with Crippen LogP contribution in [-0.2, 0) is 0 Å². The molecule has 0 N–H and O–H groups in total. The van der Waals surface area contributed by atoms with Crippen LogP contribution in [0.3, 0.4) is 0 Å². The van der Waals surface area contributed by atoms with E-state index in [0.717, 1.165) is 33.8 Å². The molecule has 0 saturated heterocycles. The summed E-state index contributed by atoms with van der Waals surface area (Å²) in [6, 6.07) is 70.3. The Labute approximate surface area is 323 Å². The number of fused-ring (bicyclic) bond motifs is 3. The van der Waals surface area contributed by atoms with Crippen molar-refractivity contribution in [1.29, 1.82) is 0 Å². The molecule has 0 spiro atoms. The average Bonchev–Trinajstić information content (AvgIpc) is 3.25. The van der Waals surface area contributed by atoms with Crippen LogP contribution in [0.4, 0.5) is 17.1 Å². The van der Waals surface area contributed by atoms with Crippen LogP contribution in [-0.4, -0.2) is 0 Å². The van der Waals surface area contributed by atoms with Gasteiger partial charge in [0.1, 0.15) is 0 Å². The van der Waals surface area contributed by atoms with E-state index in [1.165, 1.54) is 60.1 Å². The monoisotopic (exact) mass is 701 g/mol. The standard InChI is InChI=1S/C54H39N/c1-3-17-38(4-2)47-34-32-43(36-52(47)50-29-14-23-40-20-8-11-26-45(40)50)55(54-31-16-25-42-22-10-13-28-49(42)54)44-33-35-48(39-18-6-5-7-19-39)53(37-44)51-30-15-24-41-21-9-12-27-46(41)51/h3-37H,1-2H2/b38-17+. The van der Waals surface area contributed by atoms with Gasteiger partial charge in [-0.05, 0) is 102 Å². The van der Waals surface area contributed by atoms with Crippen molar-refractivity contribution < 1.29 is 0 Å². The second-order valence-electron chi connectivity index (χ2n) is 13.8. The third-order valence-electron chi connectivity index (χ3n) is 10.6. The fourth-order valence-electron chi connectivity index (χ4n) is 8.06. The van der Waals surface area contributed by atoms with Gasteiger partial charge in [-0.25, -0.2) is 0 Å². The van der Waals surface area contributed by atoms with Crippen molar-refractivity contribution in [3.8, 4) is 33.4 Å². The molecule has 0 fully saturated rings. The zero-order valence-corrected chi connectivity index (χ0v) is 30.6. The molecule has 1 heteroatoms. The van der Waals surface area contributed by atoms with E-state index in [9.17, 15) is 0 Å². The number of allylic oxidation sites excluding steroid dienone is 4. The maximum atomic E-state index is 4.21. The van der Waals surface area contributed by atoms with Gasteiger partial charge in [0.15, 0.2) is 0 Å². The van der Waals surface area contributed by atoms with Crippen LogP contribution < -0.4 is 4.90 Å². The van der Waals surface area contributed by atoms with Crippen LogP contribution >= 0.6 is 0 Å². The molecule has 55 heavy (non-hydrogen) atoms.